The first-order chi connectivity index (χ1) is 10.0. The van der Waals surface area contributed by atoms with Crippen LogP contribution in [0.3, 0.4) is 0 Å². The first-order valence-corrected chi connectivity index (χ1v) is 6.87. The topological polar surface area (TPSA) is 153 Å². The van der Waals surface area contributed by atoms with Crippen molar-refractivity contribution in [2.24, 2.45) is 0 Å². The van der Waals surface area contributed by atoms with Crippen molar-refractivity contribution in [2.45, 2.75) is 9.79 Å². The summed E-state index contributed by atoms with van der Waals surface area (Å²) >= 11 is 0. The molecule has 2 aromatic rings. The van der Waals surface area contributed by atoms with Gasteiger partial charge in [-0.2, -0.15) is 0 Å². The first-order valence-electron chi connectivity index (χ1n) is 5.39. The van der Waals surface area contributed by atoms with E-state index in [9.17, 15) is 8.42 Å². The zero-order valence-corrected chi connectivity index (χ0v) is 11.6. The second kappa shape index (κ2) is 9.88. The minimum absolute atomic E-state index is 0.330. The fraction of sp³-hybridized carbons (Fsp3) is 0. The highest BCUT2D eigenvalue weighted by atomic mass is 32.2. The Bertz CT molecular complexity index is 646. The molecule has 8 nitrogen and oxygen atoms in total. The molecule has 0 saturated carbocycles. The normalized spacial score (nSPS) is 8.76. The number of hydrogen-bond donors (Lipinski definition) is 1. The van der Waals surface area contributed by atoms with Crippen LogP contribution in [0.5, 0.6) is 0 Å². The number of nitrogens with zero attached hydrogens (tertiary/aromatic N) is 5. The highest BCUT2D eigenvalue weighted by Crippen LogP contribution is 2.19. The molecule has 0 unspecified atom stereocenters. The zero-order valence-electron chi connectivity index (χ0n) is 10.7. The Hall–Kier alpha value is -2.99. The summed E-state index contributed by atoms with van der Waals surface area (Å²) in [6, 6.07) is 16.9. The molecule has 0 aromatic heterocycles. The lowest BCUT2D eigenvalue weighted by molar-refractivity contribution is 0.596. The second-order valence-corrected chi connectivity index (χ2v) is 5.27. The number of sulfone groups is 1. The predicted molar refractivity (Wildman–Crippen MR) is 77.9 cm³/mol. The maximum absolute atomic E-state index is 12.0. The van der Waals surface area contributed by atoms with Gasteiger partial charge in [0.1, 0.15) is 0 Å². The van der Waals surface area contributed by atoms with Gasteiger partial charge in [-0.15, -0.1) is 5.53 Å². The van der Waals surface area contributed by atoms with E-state index in [0.29, 0.717) is 9.79 Å². The Kier molecular flexibility index (Phi) is 8.47. The summed E-state index contributed by atoms with van der Waals surface area (Å²) in [6.07, 6.45) is 0. The molecule has 2 rings (SSSR count). The van der Waals surface area contributed by atoms with Crippen LogP contribution in [0.1, 0.15) is 0 Å². The van der Waals surface area contributed by atoms with Crippen molar-refractivity contribution in [3.63, 3.8) is 0 Å². The third-order valence-corrected chi connectivity index (χ3v) is 3.89. The van der Waals surface area contributed by atoms with Gasteiger partial charge >= 0.3 is 0 Å². The Balaban J connectivity index is 0.000000578. The van der Waals surface area contributed by atoms with E-state index in [1.54, 1.807) is 65.6 Å². The molecule has 0 heterocycles. The third kappa shape index (κ3) is 6.13. The first kappa shape index (κ1) is 18.0. The van der Waals surface area contributed by atoms with Crippen molar-refractivity contribution in [3.05, 3.63) is 87.1 Å². The summed E-state index contributed by atoms with van der Waals surface area (Å²) < 4.78 is 24.1. The van der Waals surface area contributed by atoms with Crippen molar-refractivity contribution in [3.8, 4) is 0 Å². The predicted octanol–water partition coefficient (Wildman–Crippen LogP) is 4.26. The summed E-state index contributed by atoms with van der Waals surface area (Å²) in [6.45, 7) is 0. The number of hydrogen-bond acceptors (Lipinski definition) is 3. The van der Waals surface area contributed by atoms with E-state index >= 15 is 0 Å². The van der Waals surface area contributed by atoms with E-state index in [1.807, 2.05) is 0 Å². The molecule has 9 heteroatoms. The summed E-state index contributed by atoms with van der Waals surface area (Å²) in [7, 11) is -3.34. The van der Waals surface area contributed by atoms with Crippen molar-refractivity contribution in [1.82, 2.24) is 0 Å². The Morgan fingerprint density at radius 2 is 1.00 bits per heavy atom. The standard InChI is InChI=1S/C12H10O2S.HN3.N3/c13-15(14,11-7-3-1-4-8-11)12-9-5-2-6-10-12;2*1-3-2/h1-10H;1H;/q;;-1. The van der Waals surface area contributed by atoms with Gasteiger partial charge in [-0.05, 0) is 34.7 Å². The van der Waals surface area contributed by atoms with Crippen molar-refractivity contribution in [2.75, 3.05) is 0 Å². The molecule has 0 aliphatic carbocycles. The molecule has 0 radical (unpaired) electrons. The minimum atomic E-state index is -3.34. The monoisotopic (exact) mass is 303 g/mol. The van der Waals surface area contributed by atoms with Gasteiger partial charge in [0, 0.05) is 0 Å². The van der Waals surface area contributed by atoms with Gasteiger partial charge < -0.3 is 11.1 Å². The van der Waals surface area contributed by atoms with E-state index in [4.69, 9.17) is 22.1 Å². The van der Waals surface area contributed by atoms with Gasteiger partial charge in [-0.1, -0.05) is 36.4 Å². The van der Waals surface area contributed by atoms with Gasteiger partial charge in [0.05, 0.1) is 9.79 Å². The molecule has 0 fully saturated rings. The zero-order chi connectivity index (χ0) is 16.1. The molecule has 0 saturated heterocycles. The Labute approximate surface area is 121 Å². The molecule has 0 spiro atoms. The molecule has 2 aromatic carbocycles. The average Bonchev–Trinajstić information content (AvgIpc) is 2.51. The van der Waals surface area contributed by atoms with Crippen LogP contribution in [-0.4, -0.2) is 8.42 Å². The molecule has 0 aliphatic rings. The fourth-order valence-corrected chi connectivity index (χ4v) is 2.64. The quantitative estimate of drug-likeness (QED) is 0.500. The lowest BCUT2D eigenvalue weighted by Crippen LogP contribution is -2.00. The summed E-state index contributed by atoms with van der Waals surface area (Å²) in [4.78, 5) is 3.91. The highest BCUT2D eigenvalue weighted by molar-refractivity contribution is 7.91. The number of nitrogens with one attached hydrogen (secondary N) is 1. The van der Waals surface area contributed by atoms with Crippen LogP contribution >= 0.6 is 0 Å². The largest absolute Gasteiger partial charge is 0.373 e. The van der Waals surface area contributed by atoms with Crippen LogP contribution in [0, 0.1) is 5.53 Å². The third-order valence-electron chi connectivity index (χ3n) is 2.11. The maximum atomic E-state index is 12.0. The lowest BCUT2D eigenvalue weighted by Gasteiger charge is -2.03. The van der Waals surface area contributed by atoms with Gasteiger partial charge in [-0.3, -0.25) is 4.91 Å². The summed E-state index contributed by atoms with van der Waals surface area (Å²) in [5.74, 6) is 0. The van der Waals surface area contributed by atoms with Gasteiger partial charge in [0.15, 0.2) is 0 Å². The van der Waals surface area contributed by atoms with E-state index in [-0.39, 0.29) is 0 Å². The van der Waals surface area contributed by atoms with E-state index < -0.39 is 9.84 Å². The van der Waals surface area contributed by atoms with Gasteiger partial charge in [-0.25, -0.2) is 8.42 Å². The van der Waals surface area contributed by atoms with Crippen molar-refractivity contribution >= 4 is 9.84 Å². The fourth-order valence-electron chi connectivity index (χ4n) is 1.34. The molecular formula is C12H11N6O2S-. The number of benzene rings is 2. The smallest absolute Gasteiger partial charge is 0.206 e. The molecule has 1 N–H and O–H groups in total. The molecule has 0 atom stereocenters. The minimum Gasteiger partial charge on any atom is -0.373 e. The van der Waals surface area contributed by atoms with Crippen LogP contribution in [0.4, 0.5) is 0 Å². The van der Waals surface area contributed by atoms with Gasteiger partial charge in [0.25, 0.3) is 0 Å². The molecule has 108 valence electrons. The van der Waals surface area contributed by atoms with E-state index in [0.717, 1.165) is 0 Å². The Morgan fingerprint density at radius 1 is 0.762 bits per heavy atom. The molecular weight excluding hydrogens is 292 g/mol. The highest BCUT2D eigenvalue weighted by Gasteiger charge is 2.15. The Morgan fingerprint density at radius 3 is 1.24 bits per heavy atom. The van der Waals surface area contributed by atoms with Crippen LogP contribution < -0.4 is 0 Å². The SMILES string of the molecule is O=S(=O)(c1ccccc1)c1ccccc1.[N-]=[N+]=N.[N-]=[N+]=[N-]. The molecule has 0 aliphatic heterocycles. The molecule has 21 heavy (non-hydrogen) atoms. The van der Waals surface area contributed by atoms with Crippen LogP contribution in [0.25, 0.3) is 26.4 Å². The van der Waals surface area contributed by atoms with Crippen LogP contribution in [-0.2, 0) is 9.84 Å². The van der Waals surface area contributed by atoms with Crippen molar-refractivity contribution in [1.29, 1.82) is 5.53 Å². The summed E-state index contributed by atoms with van der Waals surface area (Å²) in [5.41, 5.74) is 25.8. The molecule has 0 bridgehead atoms. The maximum Gasteiger partial charge on any atom is 0.206 e. The van der Waals surface area contributed by atoms with Crippen LogP contribution in [0.2, 0.25) is 0 Å². The van der Waals surface area contributed by atoms with Crippen LogP contribution in [0.15, 0.2) is 70.5 Å². The average molecular weight is 303 g/mol. The van der Waals surface area contributed by atoms with E-state index in [2.05, 4.69) is 0 Å². The second-order valence-electron chi connectivity index (χ2n) is 3.32. The lowest BCUT2D eigenvalue weighted by atomic mass is 10.4. The van der Waals surface area contributed by atoms with Gasteiger partial charge in [0.2, 0.25) is 9.84 Å². The molecule has 0 amide bonds. The number of rotatable bonds is 2. The summed E-state index contributed by atoms with van der Waals surface area (Å²) in [5, 5.41) is 0. The van der Waals surface area contributed by atoms with Crippen molar-refractivity contribution < 1.29 is 8.42 Å². The van der Waals surface area contributed by atoms with E-state index in [1.165, 1.54) is 4.91 Å².